The zero-order valence-corrected chi connectivity index (χ0v) is 14.0. The van der Waals surface area contributed by atoms with Crippen molar-refractivity contribution in [2.75, 3.05) is 6.61 Å². The lowest BCUT2D eigenvalue weighted by Gasteiger charge is -2.19. The largest absolute Gasteiger partial charge is 0.460 e. The summed E-state index contributed by atoms with van der Waals surface area (Å²) in [5.41, 5.74) is 0. The number of ether oxygens (including phenoxy) is 2. The molecule has 0 aromatic carbocycles. The molecule has 2 unspecified atom stereocenters. The summed E-state index contributed by atoms with van der Waals surface area (Å²) >= 11 is 0. The maximum absolute atomic E-state index is 11.8. The van der Waals surface area contributed by atoms with Crippen molar-refractivity contribution in [1.82, 2.24) is 0 Å². The molecule has 0 fully saturated rings. The predicted octanol–water partition coefficient (Wildman–Crippen LogP) is 4.87. The minimum atomic E-state index is -0.442. The summed E-state index contributed by atoms with van der Waals surface area (Å²) in [7, 11) is 0. The molecule has 0 aliphatic carbocycles. The van der Waals surface area contributed by atoms with Gasteiger partial charge in [-0.05, 0) is 33.1 Å². The van der Waals surface area contributed by atoms with Gasteiger partial charge in [-0.15, -0.1) is 0 Å². The quantitative estimate of drug-likeness (QED) is 0.358. The molecule has 0 radical (unpaired) electrons. The van der Waals surface area contributed by atoms with E-state index in [1.54, 1.807) is 6.92 Å². The van der Waals surface area contributed by atoms with Crippen molar-refractivity contribution in [2.24, 2.45) is 0 Å². The Bertz CT molecular complexity index is 228. The summed E-state index contributed by atoms with van der Waals surface area (Å²) in [6, 6.07) is 0. The van der Waals surface area contributed by atoms with Crippen molar-refractivity contribution < 1.29 is 14.3 Å². The Labute approximate surface area is 125 Å². The van der Waals surface area contributed by atoms with Crippen LogP contribution in [0, 0.1) is 0 Å². The van der Waals surface area contributed by atoms with Crippen LogP contribution in [-0.2, 0) is 14.3 Å². The van der Waals surface area contributed by atoms with Gasteiger partial charge in [-0.25, -0.2) is 4.79 Å². The maximum Gasteiger partial charge on any atom is 0.335 e. The van der Waals surface area contributed by atoms with Crippen LogP contribution >= 0.6 is 0 Å². The SMILES string of the molecule is CCCCCCCCCC(CC)OC(=O)C(C)OCC. The van der Waals surface area contributed by atoms with E-state index in [-0.39, 0.29) is 12.1 Å². The summed E-state index contributed by atoms with van der Waals surface area (Å²) in [5.74, 6) is -0.221. The standard InChI is InChI=1S/C17H34O3/c1-5-8-9-10-11-12-13-14-16(6-2)20-17(18)15(4)19-7-3/h15-16H,5-14H2,1-4H3. The first kappa shape index (κ1) is 19.4. The minimum Gasteiger partial charge on any atom is -0.460 e. The number of esters is 1. The monoisotopic (exact) mass is 286 g/mol. The molecule has 0 N–H and O–H groups in total. The van der Waals surface area contributed by atoms with Crippen molar-refractivity contribution >= 4 is 5.97 Å². The molecule has 0 rings (SSSR count). The molecule has 3 heteroatoms. The molecule has 20 heavy (non-hydrogen) atoms. The molecule has 0 bridgehead atoms. The Kier molecular flexibility index (Phi) is 13.0. The number of carbonyl (C=O) groups is 1. The molecule has 0 aromatic heterocycles. The summed E-state index contributed by atoms with van der Waals surface area (Å²) in [4.78, 5) is 11.8. The van der Waals surface area contributed by atoms with Gasteiger partial charge in [-0.2, -0.15) is 0 Å². The second-order valence-electron chi connectivity index (χ2n) is 5.47. The fourth-order valence-corrected chi connectivity index (χ4v) is 2.25. The van der Waals surface area contributed by atoms with Gasteiger partial charge in [-0.1, -0.05) is 52.4 Å². The highest BCUT2D eigenvalue weighted by atomic mass is 16.6. The maximum atomic E-state index is 11.8. The molecule has 0 saturated carbocycles. The van der Waals surface area contributed by atoms with E-state index in [0.29, 0.717) is 6.61 Å². The van der Waals surface area contributed by atoms with Gasteiger partial charge in [0.25, 0.3) is 0 Å². The third kappa shape index (κ3) is 10.2. The van der Waals surface area contributed by atoms with Crippen molar-refractivity contribution in [3.63, 3.8) is 0 Å². The summed E-state index contributed by atoms with van der Waals surface area (Å²) in [6.45, 7) is 8.50. The molecule has 0 heterocycles. The van der Waals surface area contributed by atoms with Crippen LogP contribution in [0.15, 0.2) is 0 Å². The van der Waals surface area contributed by atoms with Crippen molar-refractivity contribution in [2.45, 2.75) is 97.7 Å². The molecule has 0 saturated heterocycles. The van der Waals surface area contributed by atoms with Crippen LogP contribution in [0.4, 0.5) is 0 Å². The predicted molar refractivity (Wildman–Crippen MR) is 83.9 cm³/mol. The normalized spacial score (nSPS) is 14.0. The van der Waals surface area contributed by atoms with E-state index in [9.17, 15) is 4.79 Å². The van der Waals surface area contributed by atoms with Gasteiger partial charge in [0.15, 0.2) is 6.10 Å². The topological polar surface area (TPSA) is 35.5 Å². The van der Waals surface area contributed by atoms with Gasteiger partial charge in [-0.3, -0.25) is 0 Å². The summed E-state index contributed by atoms with van der Waals surface area (Å²) < 4.78 is 10.8. The van der Waals surface area contributed by atoms with E-state index < -0.39 is 6.10 Å². The average molecular weight is 286 g/mol. The molecular formula is C17H34O3. The van der Waals surface area contributed by atoms with Crippen molar-refractivity contribution in [1.29, 1.82) is 0 Å². The van der Waals surface area contributed by atoms with E-state index in [1.165, 1.54) is 38.5 Å². The number of hydrogen-bond donors (Lipinski definition) is 0. The second kappa shape index (κ2) is 13.4. The minimum absolute atomic E-state index is 0.0565. The van der Waals surface area contributed by atoms with Crippen LogP contribution in [0.1, 0.15) is 85.5 Å². The number of rotatable bonds is 13. The first-order valence-electron chi connectivity index (χ1n) is 8.47. The van der Waals surface area contributed by atoms with Crippen LogP contribution in [0.3, 0.4) is 0 Å². The molecule has 0 spiro atoms. The van der Waals surface area contributed by atoms with E-state index in [0.717, 1.165) is 19.3 Å². The fraction of sp³-hybridized carbons (Fsp3) is 0.941. The zero-order chi connectivity index (χ0) is 15.2. The highest BCUT2D eigenvalue weighted by molar-refractivity contribution is 5.74. The molecule has 120 valence electrons. The highest BCUT2D eigenvalue weighted by Crippen LogP contribution is 2.14. The molecule has 0 amide bonds. The Morgan fingerprint density at radius 2 is 1.55 bits per heavy atom. The Morgan fingerprint density at radius 3 is 2.10 bits per heavy atom. The lowest BCUT2D eigenvalue weighted by Crippen LogP contribution is -2.28. The highest BCUT2D eigenvalue weighted by Gasteiger charge is 2.18. The van der Waals surface area contributed by atoms with Gasteiger partial charge in [0.2, 0.25) is 0 Å². The third-order valence-corrected chi connectivity index (χ3v) is 3.62. The van der Waals surface area contributed by atoms with Gasteiger partial charge in [0.1, 0.15) is 6.10 Å². The zero-order valence-electron chi connectivity index (χ0n) is 14.0. The van der Waals surface area contributed by atoms with E-state index in [4.69, 9.17) is 9.47 Å². The van der Waals surface area contributed by atoms with Crippen LogP contribution in [0.2, 0.25) is 0 Å². The van der Waals surface area contributed by atoms with Gasteiger partial charge >= 0.3 is 5.97 Å². The second-order valence-corrected chi connectivity index (χ2v) is 5.47. The molecule has 2 atom stereocenters. The summed E-state index contributed by atoms with van der Waals surface area (Å²) in [5, 5.41) is 0. The number of unbranched alkanes of at least 4 members (excludes halogenated alkanes) is 6. The van der Waals surface area contributed by atoms with Gasteiger partial charge < -0.3 is 9.47 Å². The van der Waals surface area contributed by atoms with E-state index in [1.807, 2.05) is 6.92 Å². The lowest BCUT2D eigenvalue weighted by molar-refractivity contribution is -0.161. The van der Waals surface area contributed by atoms with Gasteiger partial charge in [0.05, 0.1) is 0 Å². The van der Waals surface area contributed by atoms with Crippen molar-refractivity contribution in [3.8, 4) is 0 Å². The van der Waals surface area contributed by atoms with Crippen LogP contribution in [0.5, 0.6) is 0 Å². The first-order valence-corrected chi connectivity index (χ1v) is 8.47. The fourth-order valence-electron chi connectivity index (χ4n) is 2.25. The third-order valence-electron chi connectivity index (χ3n) is 3.62. The van der Waals surface area contributed by atoms with Crippen molar-refractivity contribution in [3.05, 3.63) is 0 Å². The molecule has 3 nitrogen and oxygen atoms in total. The molecule has 0 aliphatic heterocycles. The van der Waals surface area contributed by atoms with Crippen LogP contribution in [-0.4, -0.2) is 24.8 Å². The van der Waals surface area contributed by atoms with E-state index in [2.05, 4.69) is 13.8 Å². The summed E-state index contributed by atoms with van der Waals surface area (Å²) in [6.07, 6.45) is 10.5. The Balaban J connectivity index is 3.68. The smallest absolute Gasteiger partial charge is 0.335 e. The molecule has 0 aromatic rings. The van der Waals surface area contributed by atoms with Crippen LogP contribution in [0.25, 0.3) is 0 Å². The molecule has 0 aliphatic rings. The first-order chi connectivity index (χ1) is 9.65. The number of hydrogen-bond acceptors (Lipinski definition) is 3. The Morgan fingerprint density at radius 1 is 0.950 bits per heavy atom. The lowest BCUT2D eigenvalue weighted by atomic mass is 10.1. The van der Waals surface area contributed by atoms with Crippen LogP contribution < -0.4 is 0 Å². The Hall–Kier alpha value is -0.570. The van der Waals surface area contributed by atoms with Gasteiger partial charge in [0, 0.05) is 6.61 Å². The number of carbonyl (C=O) groups excluding carboxylic acids is 1. The van der Waals surface area contributed by atoms with E-state index >= 15 is 0 Å². The molecular weight excluding hydrogens is 252 g/mol. The average Bonchev–Trinajstić information content (AvgIpc) is 2.45.